The normalized spacial score (nSPS) is 12.2. The minimum atomic E-state index is -0.212. The molecule has 0 aliphatic carbocycles. The summed E-state index contributed by atoms with van der Waals surface area (Å²) in [6.07, 6.45) is 1.78. The first-order valence-electron chi connectivity index (χ1n) is 7.59. The van der Waals surface area contributed by atoms with E-state index in [-0.39, 0.29) is 5.41 Å². The maximum atomic E-state index is 9.41. The van der Waals surface area contributed by atoms with Crippen LogP contribution in [0.3, 0.4) is 0 Å². The fraction of sp³-hybridized carbons (Fsp3) is 0.316. The van der Waals surface area contributed by atoms with Gasteiger partial charge in [-0.15, -0.1) is 0 Å². The van der Waals surface area contributed by atoms with Gasteiger partial charge in [-0.1, -0.05) is 67.5 Å². The zero-order chi connectivity index (χ0) is 15.8. The largest absolute Gasteiger partial charge is 0.494 e. The molecule has 3 heteroatoms. The minimum Gasteiger partial charge on any atom is -0.494 e. The Hall–Kier alpha value is -2.29. The number of rotatable bonds is 7. The lowest BCUT2D eigenvalue weighted by atomic mass is 9.79. The molecule has 0 atom stereocenters. The van der Waals surface area contributed by atoms with E-state index in [0.717, 1.165) is 24.2 Å². The first kappa shape index (κ1) is 16.1. The first-order chi connectivity index (χ1) is 10.6. The lowest BCUT2D eigenvalue weighted by Crippen LogP contribution is -2.26. The van der Waals surface area contributed by atoms with Crippen LogP contribution in [0.4, 0.5) is 0 Å². The molecule has 0 fully saturated rings. The van der Waals surface area contributed by atoms with Crippen molar-refractivity contribution in [1.82, 2.24) is 0 Å². The predicted molar refractivity (Wildman–Crippen MR) is 89.7 cm³/mol. The predicted octanol–water partition coefficient (Wildman–Crippen LogP) is 4.75. The van der Waals surface area contributed by atoms with Crippen molar-refractivity contribution in [2.45, 2.75) is 26.7 Å². The van der Waals surface area contributed by atoms with Gasteiger partial charge in [-0.25, -0.2) is 0 Å². The Labute approximate surface area is 132 Å². The van der Waals surface area contributed by atoms with Gasteiger partial charge in [-0.05, 0) is 30.5 Å². The Bertz CT molecular complexity index is 591. The molecule has 0 amide bonds. The highest BCUT2D eigenvalue weighted by Crippen LogP contribution is 2.28. The molecular formula is C19H23NO2. The van der Waals surface area contributed by atoms with E-state index in [1.807, 2.05) is 60.7 Å². The number of hydrogen-bond acceptors (Lipinski definition) is 3. The number of benzene rings is 2. The third-order valence-electron chi connectivity index (χ3n) is 3.75. The summed E-state index contributed by atoms with van der Waals surface area (Å²) in [6, 6.07) is 19.6. The van der Waals surface area contributed by atoms with E-state index < -0.39 is 0 Å². The van der Waals surface area contributed by atoms with Gasteiger partial charge in [0.1, 0.15) is 5.75 Å². The summed E-state index contributed by atoms with van der Waals surface area (Å²) in [4.78, 5) is 0. The average Bonchev–Trinajstić information content (AvgIpc) is 2.54. The van der Waals surface area contributed by atoms with Crippen LogP contribution in [0, 0.1) is 5.41 Å². The summed E-state index contributed by atoms with van der Waals surface area (Å²) < 4.78 is 5.72. The molecule has 0 aromatic heterocycles. The molecule has 0 saturated carbocycles. The molecule has 3 nitrogen and oxygen atoms in total. The Morgan fingerprint density at radius 2 is 1.59 bits per heavy atom. The first-order valence-corrected chi connectivity index (χ1v) is 7.59. The zero-order valence-corrected chi connectivity index (χ0v) is 13.2. The number of hydrogen-bond donors (Lipinski definition) is 1. The highest BCUT2D eigenvalue weighted by molar-refractivity contribution is 6.03. The van der Waals surface area contributed by atoms with Crippen molar-refractivity contribution in [2.75, 3.05) is 6.61 Å². The lowest BCUT2D eigenvalue weighted by molar-refractivity contribution is 0.279. The van der Waals surface area contributed by atoms with Gasteiger partial charge in [0.05, 0.1) is 12.3 Å². The van der Waals surface area contributed by atoms with E-state index in [4.69, 9.17) is 4.74 Å². The molecule has 0 spiro atoms. The van der Waals surface area contributed by atoms with E-state index in [1.54, 1.807) is 0 Å². The van der Waals surface area contributed by atoms with E-state index >= 15 is 0 Å². The van der Waals surface area contributed by atoms with Crippen molar-refractivity contribution in [3.63, 3.8) is 0 Å². The molecule has 22 heavy (non-hydrogen) atoms. The Morgan fingerprint density at radius 1 is 1.00 bits per heavy atom. The van der Waals surface area contributed by atoms with Gasteiger partial charge in [-0.3, -0.25) is 0 Å². The van der Waals surface area contributed by atoms with Crippen LogP contribution in [-0.4, -0.2) is 17.5 Å². The van der Waals surface area contributed by atoms with Crippen molar-refractivity contribution in [1.29, 1.82) is 0 Å². The van der Waals surface area contributed by atoms with Crippen molar-refractivity contribution in [3.05, 3.63) is 66.2 Å². The van der Waals surface area contributed by atoms with Crippen LogP contribution in [0.2, 0.25) is 0 Å². The van der Waals surface area contributed by atoms with Crippen LogP contribution < -0.4 is 4.74 Å². The Kier molecular flexibility index (Phi) is 5.59. The molecular weight excluding hydrogens is 274 g/mol. The fourth-order valence-electron chi connectivity index (χ4n) is 2.52. The van der Waals surface area contributed by atoms with Gasteiger partial charge in [-0.2, -0.15) is 0 Å². The van der Waals surface area contributed by atoms with Crippen molar-refractivity contribution >= 4 is 5.71 Å². The van der Waals surface area contributed by atoms with Crippen LogP contribution in [0.25, 0.3) is 0 Å². The molecule has 0 bridgehead atoms. The monoisotopic (exact) mass is 297 g/mol. The molecule has 1 N–H and O–H groups in total. The number of nitrogens with zero attached hydrogens (tertiary/aromatic N) is 1. The fourth-order valence-corrected chi connectivity index (χ4v) is 2.52. The highest BCUT2D eigenvalue weighted by atomic mass is 16.5. The van der Waals surface area contributed by atoms with E-state index in [1.165, 1.54) is 0 Å². The topological polar surface area (TPSA) is 41.8 Å². The second kappa shape index (κ2) is 7.64. The standard InChI is InChI=1S/C19H23NO2/c1-19(2,18(20-21)16-10-5-3-6-11-16)14-9-15-22-17-12-7-4-8-13-17/h3-8,10-13,21H,9,14-15H2,1-2H3/b20-18-. The average molecular weight is 297 g/mol. The molecule has 0 unspecified atom stereocenters. The summed E-state index contributed by atoms with van der Waals surface area (Å²) in [7, 11) is 0. The van der Waals surface area contributed by atoms with Gasteiger partial charge >= 0.3 is 0 Å². The summed E-state index contributed by atoms with van der Waals surface area (Å²) in [5.74, 6) is 0.888. The molecule has 116 valence electrons. The summed E-state index contributed by atoms with van der Waals surface area (Å²) in [5.41, 5.74) is 1.46. The van der Waals surface area contributed by atoms with Crippen molar-refractivity contribution in [3.8, 4) is 5.75 Å². The van der Waals surface area contributed by atoms with Gasteiger partial charge in [0.25, 0.3) is 0 Å². The van der Waals surface area contributed by atoms with E-state index in [9.17, 15) is 5.21 Å². The van der Waals surface area contributed by atoms with Crippen LogP contribution in [0.5, 0.6) is 5.75 Å². The summed E-state index contributed by atoms with van der Waals surface area (Å²) >= 11 is 0. The van der Waals surface area contributed by atoms with Crippen LogP contribution >= 0.6 is 0 Å². The van der Waals surface area contributed by atoms with Gasteiger partial charge in [0, 0.05) is 5.41 Å². The SMILES string of the molecule is CC(C)(CCCOc1ccccc1)/C(=N\O)c1ccccc1. The molecule has 2 aromatic rings. The highest BCUT2D eigenvalue weighted by Gasteiger charge is 2.26. The zero-order valence-electron chi connectivity index (χ0n) is 13.2. The van der Waals surface area contributed by atoms with Gasteiger partial charge < -0.3 is 9.94 Å². The van der Waals surface area contributed by atoms with E-state index in [2.05, 4.69) is 19.0 Å². The maximum absolute atomic E-state index is 9.41. The third kappa shape index (κ3) is 4.35. The quantitative estimate of drug-likeness (QED) is 0.347. The Morgan fingerprint density at radius 3 is 2.18 bits per heavy atom. The molecule has 0 saturated heterocycles. The van der Waals surface area contributed by atoms with Gasteiger partial charge in [0.2, 0.25) is 0 Å². The smallest absolute Gasteiger partial charge is 0.119 e. The summed E-state index contributed by atoms with van der Waals surface area (Å²) in [5, 5.41) is 12.9. The molecule has 2 aromatic carbocycles. The second-order valence-electron chi connectivity index (χ2n) is 5.96. The molecule has 0 heterocycles. The van der Waals surface area contributed by atoms with Crippen molar-refractivity contribution < 1.29 is 9.94 Å². The van der Waals surface area contributed by atoms with Crippen LogP contribution in [0.15, 0.2) is 65.8 Å². The number of ether oxygens (including phenoxy) is 1. The molecule has 0 radical (unpaired) electrons. The van der Waals surface area contributed by atoms with Crippen molar-refractivity contribution in [2.24, 2.45) is 10.6 Å². The third-order valence-corrected chi connectivity index (χ3v) is 3.75. The maximum Gasteiger partial charge on any atom is 0.119 e. The molecule has 0 aliphatic heterocycles. The number of oxime groups is 1. The Balaban J connectivity index is 1.90. The lowest BCUT2D eigenvalue weighted by Gasteiger charge is -2.26. The van der Waals surface area contributed by atoms with E-state index in [0.29, 0.717) is 12.3 Å². The minimum absolute atomic E-state index is 0.212. The van der Waals surface area contributed by atoms with Crippen LogP contribution in [0.1, 0.15) is 32.3 Å². The second-order valence-corrected chi connectivity index (χ2v) is 5.96. The molecule has 0 aliphatic rings. The summed E-state index contributed by atoms with van der Waals surface area (Å²) in [6.45, 7) is 4.84. The molecule has 2 rings (SSSR count). The number of para-hydroxylation sites is 1. The van der Waals surface area contributed by atoms with Crippen LogP contribution in [-0.2, 0) is 0 Å². The van der Waals surface area contributed by atoms with Gasteiger partial charge in [0.15, 0.2) is 0 Å².